The Labute approximate surface area is 144 Å². The Morgan fingerprint density at radius 2 is 1.70 bits per heavy atom. The Hall–Kier alpha value is -2.36. The highest BCUT2D eigenvalue weighted by atomic mass is 35.5. The van der Waals surface area contributed by atoms with Crippen LogP contribution < -0.4 is 5.32 Å². The minimum Gasteiger partial charge on any atom is -0.321 e. The molecule has 1 heterocycles. The number of rotatable bonds is 4. The Morgan fingerprint density at radius 3 is 2.48 bits per heavy atom. The Bertz CT molecular complexity index is 839. The van der Waals surface area contributed by atoms with Crippen molar-refractivity contribution >= 4 is 40.6 Å². The molecule has 2 nitrogen and oxygen atoms in total. The van der Waals surface area contributed by atoms with Gasteiger partial charge in [-0.2, -0.15) is 0 Å². The average Bonchev–Trinajstić information content (AvgIpc) is 3.05. The van der Waals surface area contributed by atoms with Crippen molar-refractivity contribution in [1.29, 1.82) is 0 Å². The highest BCUT2D eigenvalue weighted by Gasteiger charge is 2.03. The molecule has 0 fully saturated rings. The van der Waals surface area contributed by atoms with Gasteiger partial charge in [0.2, 0.25) is 5.91 Å². The highest BCUT2D eigenvalue weighted by molar-refractivity contribution is 7.16. The van der Waals surface area contributed by atoms with Gasteiger partial charge in [0.25, 0.3) is 0 Å². The van der Waals surface area contributed by atoms with Crippen LogP contribution in [0.4, 0.5) is 5.69 Å². The molecule has 0 aliphatic carbocycles. The van der Waals surface area contributed by atoms with Gasteiger partial charge in [-0.25, -0.2) is 0 Å². The van der Waals surface area contributed by atoms with E-state index in [2.05, 4.69) is 23.5 Å². The van der Waals surface area contributed by atoms with Crippen molar-refractivity contribution in [1.82, 2.24) is 0 Å². The summed E-state index contributed by atoms with van der Waals surface area (Å²) in [6, 6.07) is 21.4. The molecule has 0 atom stereocenters. The van der Waals surface area contributed by atoms with Gasteiger partial charge in [0, 0.05) is 15.8 Å². The first-order chi connectivity index (χ1) is 11.2. The molecule has 1 amide bonds. The number of anilines is 1. The number of benzene rings is 2. The smallest absolute Gasteiger partial charge is 0.248 e. The lowest BCUT2D eigenvalue weighted by molar-refractivity contribution is -0.111. The van der Waals surface area contributed by atoms with Crippen LogP contribution >= 0.6 is 22.9 Å². The van der Waals surface area contributed by atoms with Crippen molar-refractivity contribution in [3.8, 4) is 10.4 Å². The molecule has 0 saturated carbocycles. The Balaban J connectivity index is 1.68. The Morgan fingerprint density at radius 1 is 0.957 bits per heavy atom. The van der Waals surface area contributed by atoms with Crippen LogP contribution in [0.1, 0.15) is 4.88 Å². The van der Waals surface area contributed by atoms with E-state index in [-0.39, 0.29) is 5.91 Å². The lowest BCUT2D eigenvalue weighted by Crippen LogP contribution is -2.07. The van der Waals surface area contributed by atoms with E-state index < -0.39 is 0 Å². The molecule has 0 aliphatic heterocycles. The molecule has 2 aromatic carbocycles. The zero-order valence-corrected chi connectivity index (χ0v) is 13.8. The van der Waals surface area contributed by atoms with Gasteiger partial charge in [-0.3, -0.25) is 4.79 Å². The fourth-order valence-electron chi connectivity index (χ4n) is 2.09. The maximum atomic E-state index is 12.0. The van der Waals surface area contributed by atoms with Gasteiger partial charge in [0.05, 0.1) is 10.7 Å². The van der Waals surface area contributed by atoms with Gasteiger partial charge in [-0.05, 0) is 35.9 Å². The fourth-order valence-corrected chi connectivity index (χ4v) is 3.19. The van der Waals surface area contributed by atoms with E-state index in [0.29, 0.717) is 10.7 Å². The number of hydrogen-bond donors (Lipinski definition) is 1. The summed E-state index contributed by atoms with van der Waals surface area (Å²) in [5, 5.41) is 3.29. The lowest BCUT2D eigenvalue weighted by atomic mass is 10.2. The number of carbonyl (C=O) groups is 1. The van der Waals surface area contributed by atoms with Crippen LogP contribution in [-0.2, 0) is 4.79 Å². The molecular formula is C19H14ClNOS. The van der Waals surface area contributed by atoms with E-state index in [1.54, 1.807) is 23.5 Å². The number of amides is 1. The monoisotopic (exact) mass is 339 g/mol. The largest absolute Gasteiger partial charge is 0.321 e. The standard InChI is InChI=1S/C19H14ClNOS/c20-16-8-4-5-9-17(16)21-19(22)13-11-15-10-12-18(23-15)14-6-2-1-3-7-14/h1-13H,(H,21,22)/b13-11+. The SMILES string of the molecule is O=C(/C=C/c1ccc(-c2ccccc2)s1)Nc1ccccc1Cl. The summed E-state index contributed by atoms with van der Waals surface area (Å²) < 4.78 is 0. The molecule has 1 N–H and O–H groups in total. The normalized spacial score (nSPS) is 10.8. The molecular weight excluding hydrogens is 326 g/mol. The molecule has 114 valence electrons. The molecule has 0 spiro atoms. The molecule has 0 unspecified atom stereocenters. The second-order valence-electron chi connectivity index (χ2n) is 4.87. The van der Waals surface area contributed by atoms with Crippen molar-refractivity contribution in [2.45, 2.75) is 0 Å². The van der Waals surface area contributed by atoms with E-state index in [1.807, 2.05) is 42.5 Å². The highest BCUT2D eigenvalue weighted by Crippen LogP contribution is 2.28. The summed E-state index contributed by atoms with van der Waals surface area (Å²) in [6.45, 7) is 0. The molecule has 0 aliphatic rings. The average molecular weight is 340 g/mol. The second-order valence-corrected chi connectivity index (χ2v) is 6.39. The predicted octanol–water partition coefficient (Wildman–Crippen LogP) is 5.72. The molecule has 3 rings (SSSR count). The summed E-state index contributed by atoms with van der Waals surface area (Å²) in [5.41, 5.74) is 1.79. The minimum absolute atomic E-state index is 0.201. The predicted molar refractivity (Wildman–Crippen MR) is 98.9 cm³/mol. The van der Waals surface area contributed by atoms with Crippen LogP contribution in [0.3, 0.4) is 0 Å². The number of halogens is 1. The summed E-state index contributed by atoms with van der Waals surface area (Å²) in [6.07, 6.45) is 3.33. The second kappa shape index (κ2) is 7.27. The van der Waals surface area contributed by atoms with E-state index in [4.69, 9.17) is 11.6 Å². The Kier molecular flexibility index (Phi) is 4.91. The van der Waals surface area contributed by atoms with Gasteiger partial charge in [-0.15, -0.1) is 11.3 Å². The number of carbonyl (C=O) groups excluding carboxylic acids is 1. The molecule has 3 aromatic rings. The van der Waals surface area contributed by atoms with Crippen LogP contribution in [0.2, 0.25) is 5.02 Å². The van der Waals surface area contributed by atoms with Crippen molar-refractivity contribution < 1.29 is 4.79 Å². The molecule has 0 saturated heterocycles. The van der Waals surface area contributed by atoms with Crippen molar-refractivity contribution in [2.75, 3.05) is 5.32 Å². The van der Waals surface area contributed by atoms with Crippen LogP contribution in [-0.4, -0.2) is 5.91 Å². The van der Waals surface area contributed by atoms with Crippen LogP contribution in [0, 0.1) is 0 Å². The van der Waals surface area contributed by atoms with Gasteiger partial charge in [0.1, 0.15) is 0 Å². The van der Waals surface area contributed by atoms with Gasteiger partial charge >= 0.3 is 0 Å². The number of hydrogen-bond acceptors (Lipinski definition) is 2. The summed E-state index contributed by atoms with van der Waals surface area (Å²) >= 11 is 7.66. The van der Waals surface area contributed by atoms with Crippen LogP contribution in [0.15, 0.2) is 72.8 Å². The first-order valence-electron chi connectivity index (χ1n) is 7.11. The van der Waals surface area contributed by atoms with Crippen molar-refractivity contribution in [3.63, 3.8) is 0 Å². The fraction of sp³-hybridized carbons (Fsp3) is 0. The summed E-state index contributed by atoms with van der Waals surface area (Å²) in [7, 11) is 0. The zero-order valence-electron chi connectivity index (χ0n) is 12.2. The van der Waals surface area contributed by atoms with Crippen LogP contribution in [0.25, 0.3) is 16.5 Å². The number of para-hydroxylation sites is 1. The third-order valence-electron chi connectivity index (χ3n) is 3.22. The number of nitrogens with one attached hydrogen (secondary N) is 1. The first-order valence-corrected chi connectivity index (χ1v) is 8.31. The maximum absolute atomic E-state index is 12.0. The summed E-state index contributed by atoms with van der Waals surface area (Å²) in [4.78, 5) is 14.2. The van der Waals surface area contributed by atoms with E-state index in [1.165, 1.54) is 16.5 Å². The summed E-state index contributed by atoms with van der Waals surface area (Å²) in [5.74, 6) is -0.201. The molecule has 0 bridgehead atoms. The van der Waals surface area contributed by atoms with Gasteiger partial charge in [-0.1, -0.05) is 54.1 Å². The third kappa shape index (κ3) is 4.09. The van der Waals surface area contributed by atoms with Gasteiger partial charge < -0.3 is 5.32 Å². The van der Waals surface area contributed by atoms with Crippen LogP contribution in [0.5, 0.6) is 0 Å². The number of thiophene rings is 1. The van der Waals surface area contributed by atoms with E-state index >= 15 is 0 Å². The molecule has 4 heteroatoms. The molecule has 23 heavy (non-hydrogen) atoms. The van der Waals surface area contributed by atoms with Crippen molar-refractivity contribution in [3.05, 3.63) is 82.7 Å². The molecule has 0 radical (unpaired) electrons. The third-order valence-corrected chi connectivity index (χ3v) is 4.64. The first kappa shape index (κ1) is 15.5. The van der Waals surface area contributed by atoms with Crippen molar-refractivity contribution in [2.24, 2.45) is 0 Å². The quantitative estimate of drug-likeness (QED) is 0.605. The minimum atomic E-state index is -0.201. The van der Waals surface area contributed by atoms with E-state index in [0.717, 1.165) is 4.88 Å². The zero-order chi connectivity index (χ0) is 16.1. The molecule has 1 aromatic heterocycles. The maximum Gasteiger partial charge on any atom is 0.248 e. The lowest BCUT2D eigenvalue weighted by Gasteiger charge is -2.03. The van der Waals surface area contributed by atoms with E-state index in [9.17, 15) is 4.79 Å². The van der Waals surface area contributed by atoms with Gasteiger partial charge in [0.15, 0.2) is 0 Å². The topological polar surface area (TPSA) is 29.1 Å².